The molecule has 1 rings (SSSR count). The first-order valence-electron chi connectivity index (χ1n) is 5.88. The van der Waals surface area contributed by atoms with E-state index < -0.39 is 37.4 Å². The third kappa shape index (κ3) is 6.21. The predicted molar refractivity (Wildman–Crippen MR) is 64.8 cm³/mol. The molecule has 4 nitrogen and oxygen atoms in total. The van der Waals surface area contributed by atoms with Crippen molar-refractivity contribution in [1.29, 1.82) is 0 Å². The summed E-state index contributed by atoms with van der Waals surface area (Å²) >= 11 is 0. The van der Waals surface area contributed by atoms with Crippen molar-refractivity contribution in [1.82, 2.24) is 4.90 Å². The van der Waals surface area contributed by atoms with Gasteiger partial charge in [-0.25, -0.2) is 0 Å². The van der Waals surface area contributed by atoms with Gasteiger partial charge in [0.25, 0.3) is 0 Å². The number of carboxylic acids is 1. The minimum Gasteiger partial charge on any atom is -0.481 e. The summed E-state index contributed by atoms with van der Waals surface area (Å²) in [5.74, 6) is -2.04. The quantitative estimate of drug-likeness (QED) is 0.875. The van der Waals surface area contributed by atoms with Crippen LogP contribution in [0.1, 0.15) is 18.4 Å². The van der Waals surface area contributed by atoms with Gasteiger partial charge in [-0.15, -0.1) is 0 Å². The zero-order chi connectivity index (χ0) is 15.2. The molecule has 0 saturated carbocycles. The minimum absolute atomic E-state index is 0.196. The first kappa shape index (κ1) is 16.0. The molecule has 0 fully saturated rings. The van der Waals surface area contributed by atoms with Crippen molar-refractivity contribution < 1.29 is 27.9 Å². The van der Waals surface area contributed by atoms with E-state index in [0.29, 0.717) is 10.5 Å². The Kier molecular flexibility index (Phi) is 5.54. The van der Waals surface area contributed by atoms with E-state index in [-0.39, 0.29) is 6.54 Å². The Hall–Kier alpha value is -2.05. The Bertz CT molecular complexity index is 460. The lowest BCUT2D eigenvalue weighted by molar-refractivity contribution is -0.163. The molecule has 0 aliphatic heterocycles. The number of carboxylic acid groups (broad SMARTS) is 1. The van der Waals surface area contributed by atoms with Crippen LogP contribution in [0, 0.1) is 0 Å². The number of carbonyl (C=O) groups excluding carboxylic acids is 1. The largest absolute Gasteiger partial charge is 0.481 e. The second-order valence-electron chi connectivity index (χ2n) is 4.24. The molecule has 1 aromatic rings. The molecule has 0 bridgehead atoms. The lowest BCUT2D eigenvalue weighted by atomic mass is 10.2. The number of carbonyl (C=O) groups is 2. The molecule has 0 aliphatic carbocycles. The van der Waals surface area contributed by atoms with Gasteiger partial charge in [0.15, 0.2) is 0 Å². The summed E-state index contributed by atoms with van der Waals surface area (Å²) in [5.41, 5.74) is 0.556. The molecule has 0 aliphatic rings. The van der Waals surface area contributed by atoms with E-state index in [4.69, 9.17) is 5.11 Å². The fourth-order valence-electron chi connectivity index (χ4n) is 1.62. The number of rotatable bonds is 6. The van der Waals surface area contributed by atoms with Crippen LogP contribution in [-0.2, 0) is 16.1 Å². The van der Waals surface area contributed by atoms with Crippen LogP contribution in [0.2, 0.25) is 0 Å². The number of hydrogen-bond acceptors (Lipinski definition) is 2. The zero-order valence-corrected chi connectivity index (χ0v) is 10.6. The van der Waals surface area contributed by atoms with E-state index in [1.807, 2.05) is 0 Å². The van der Waals surface area contributed by atoms with E-state index >= 15 is 0 Å². The van der Waals surface area contributed by atoms with Crippen molar-refractivity contribution in [2.24, 2.45) is 0 Å². The van der Waals surface area contributed by atoms with Crippen LogP contribution in [0.15, 0.2) is 30.3 Å². The molecule has 20 heavy (non-hydrogen) atoms. The second kappa shape index (κ2) is 6.93. The van der Waals surface area contributed by atoms with Crippen LogP contribution in [0.5, 0.6) is 0 Å². The van der Waals surface area contributed by atoms with Crippen LogP contribution in [0.3, 0.4) is 0 Å². The summed E-state index contributed by atoms with van der Waals surface area (Å²) < 4.78 is 37.4. The first-order chi connectivity index (χ1) is 9.28. The smallest absolute Gasteiger partial charge is 0.406 e. The number of hydrogen-bond donors (Lipinski definition) is 1. The molecule has 0 spiro atoms. The maximum absolute atomic E-state index is 12.5. The van der Waals surface area contributed by atoms with E-state index in [0.717, 1.165) is 0 Å². The highest BCUT2D eigenvalue weighted by Gasteiger charge is 2.32. The van der Waals surface area contributed by atoms with Gasteiger partial charge in [0, 0.05) is 13.0 Å². The summed E-state index contributed by atoms with van der Waals surface area (Å²) in [7, 11) is 0. The SMILES string of the molecule is O=C(O)CCC(=O)N(Cc1ccccc1)CC(F)(F)F. The van der Waals surface area contributed by atoms with Crippen molar-refractivity contribution in [3.8, 4) is 0 Å². The van der Waals surface area contributed by atoms with E-state index in [2.05, 4.69) is 0 Å². The average Bonchev–Trinajstić information content (AvgIpc) is 2.34. The Labute approximate surface area is 113 Å². The van der Waals surface area contributed by atoms with Gasteiger partial charge in [-0.3, -0.25) is 9.59 Å². The van der Waals surface area contributed by atoms with Gasteiger partial charge in [0.1, 0.15) is 6.54 Å². The number of halogens is 3. The third-order valence-corrected chi connectivity index (χ3v) is 2.49. The molecular weight excluding hydrogens is 275 g/mol. The molecule has 0 unspecified atom stereocenters. The summed E-state index contributed by atoms with van der Waals surface area (Å²) in [4.78, 5) is 22.7. The lowest BCUT2D eigenvalue weighted by Crippen LogP contribution is -2.38. The third-order valence-electron chi connectivity index (χ3n) is 2.49. The Morgan fingerprint density at radius 3 is 2.20 bits per heavy atom. The molecule has 0 saturated heterocycles. The first-order valence-corrected chi connectivity index (χ1v) is 5.88. The van der Waals surface area contributed by atoms with Crippen molar-refractivity contribution in [2.75, 3.05) is 6.54 Å². The van der Waals surface area contributed by atoms with Crippen LogP contribution >= 0.6 is 0 Å². The van der Waals surface area contributed by atoms with Crippen LogP contribution in [0.25, 0.3) is 0 Å². The van der Waals surface area contributed by atoms with Gasteiger partial charge in [-0.1, -0.05) is 30.3 Å². The van der Waals surface area contributed by atoms with E-state index in [1.54, 1.807) is 30.3 Å². The second-order valence-corrected chi connectivity index (χ2v) is 4.24. The fraction of sp³-hybridized carbons (Fsp3) is 0.385. The highest BCUT2D eigenvalue weighted by Crippen LogP contribution is 2.19. The molecule has 0 aromatic heterocycles. The normalized spacial score (nSPS) is 11.2. The summed E-state index contributed by atoms with van der Waals surface area (Å²) in [6.07, 6.45) is -5.45. The van der Waals surface area contributed by atoms with Crippen molar-refractivity contribution in [3.05, 3.63) is 35.9 Å². The van der Waals surface area contributed by atoms with Gasteiger partial charge >= 0.3 is 12.1 Å². The van der Waals surface area contributed by atoms with Crippen molar-refractivity contribution >= 4 is 11.9 Å². The number of amides is 1. The Morgan fingerprint density at radius 1 is 1.10 bits per heavy atom. The Morgan fingerprint density at radius 2 is 1.70 bits per heavy atom. The highest BCUT2D eigenvalue weighted by atomic mass is 19.4. The van der Waals surface area contributed by atoms with Crippen molar-refractivity contribution in [2.45, 2.75) is 25.6 Å². The molecule has 0 radical (unpaired) electrons. The van der Waals surface area contributed by atoms with Gasteiger partial charge in [-0.2, -0.15) is 13.2 Å². The Balaban J connectivity index is 2.74. The minimum atomic E-state index is -4.52. The monoisotopic (exact) mass is 289 g/mol. The van der Waals surface area contributed by atoms with Crippen molar-refractivity contribution in [3.63, 3.8) is 0 Å². The number of alkyl halides is 3. The summed E-state index contributed by atoms with van der Waals surface area (Å²) in [6, 6.07) is 8.23. The van der Waals surface area contributed by atoms with E-state index in [9.17, 15) is 22.8 Å². The topological polar surface area (TPSA) is 57.6 Å². The van der Waals surface area contributed by atoms with Gasteiger partial charge < -0.3 is 10.0 Å². The maximum Gasteiger partial charge on any atom is 0.406 e. The molecular formula is C13H14F3NO3. The summed E-state index contributed by atoms with van der Waals surface area (Å²) in [6.45, 7) is -1.58. The summed E-state index contributed by atoms with van der Waals surface area (Å²) in [5, 5.41) is 8.47. The molecule has 1 aromatic carbocycles. The molecule has 1 amide bonds. The maximum atomic E-state index is 12.5. The van der Waals surface area contributed by atoms with Gasteiger partial charge in [0.2, 0.25) is 5.91 Å². The average molecular weight is 289 g/mol. The van der Waals surface area contributed by atoms with Crippen LogP contribution < -0.4 is 0 Å². The molecule has 0 heterocycles. The van der Waals surface area contributed by atoms with Gasteiger partial charge in [-0.05, 0) is 5.56 Å². The number of nitrogens with zero attached hydrogens (tertiary/aromatic N) is 1. The highest BCUT2D eigenvalue weighted by molar-refractivity contribution is 5.80. The van der Waals surface area contributed by atoms with Crippen LogP contribution in [0.4, 0.5) is 13.2 Å². The van der Waals surface area contributed by atoms with Crippen LogP contribution in [-0.4, -0.2) is 34.6 Å². The number of aliphatic carboxylic acids is 1. The standard InChI is InChI=1S/C13H14F3NO3/c14-13(15,16)9-17(11(18)6-7-12(19)20)8-10-4-2-1-3-5-10/h1-5H,6-9H2,(H,19,20). The fourth-order valence-corrected chi connectivity index (χ4v) is 1.62. The lowest BCUT2D eigenvalue weighted by Gasteiger charge is -2.24. The van der Waals surface area contributed by atoms with E-state index in [1.165, 1.54) is 0 Å². The zero-order valence-electron chi connectivity index (χ0n) is 10.6. The molecule has 7 heteroatoms. The molecule has 110 valence electrons. The number of benzene rings is 1. The molecule has 0 atom stereocenters. The predicted octanol–water partition coefficient (Wildman–Crippen LogP) is 2.44. The van der Waals surface area contributed by atoms with Gasteiger partial charge in [0.05, 0.1) is 6.42 Å². The molecule has 1 N–H and O–H groups in total.